The Kier molecular flexibility index (Phi) is 5.68. The highest BCUT2D eigenvalue weighted by Crippen LogP contribution is 2.13. The predicted octanol–water partition coefficient (Wildman–Crippen LogP) is 1.24. The SMILES string of the molecule is CCc1ccc(-n2nc(CNCCOC)c(O)cc2=O)cc1. The van der Waals surface area contributed by atoms with Crippen molar-refractivity contribution in [2.24, 2.45) is 0 Å². The Bertz CT molecular complexity index is 665. The third kappa shape index (κ3) is 3.93. The Morgan fingerprint density at radius 1 is 1.32 bits per heavy atom. The molecule has 6 heteroatoms. The second-order valence-electron chi connectivity index (χ2n) is 4.92. The fraction of sp³-hybridized carbons (Fsp3) is 0.375. The van der Waals surface area contributed by atoms with Crippen molar-refractivity contribution in [2.45, 2.75) is 19.9 Å². The molecule has 0 amide bonds. The average Bonchev–Trinajstić information content (AvgIpc) is 2.53. The molecule has 0 aliphatic heterocycles. The number of ether oxygens (including phenoxy) is 1. The molecule has 0 unspecified atom stereocenters. The van der Waals surface area contributed by atoms with Crippen molar-refractivity contribution >= 4 is 0 Å². The molecule has 1 aromatic carbocycles. The third-order valence-corrected chi connectivity index (χ3v) is 3.35. The lowest BCUT2D eigenvalue weighted by atomic mass is 10.1. The lowest BCUT2D eigenvalue weighted by molar-refractivity contribution is 0.199. The maximum Gasteiger partial charge on any atom is 0.275 e. The highest BCUT2D eigenvalue weighted by molar-refractivity contribution is 5.35. The fourth-order valence-electron chi connectivity index (χ4n) is 2.05. The van der Waals surface area contributed by atoms with Gasteiger partial charge >= 0.3 is 0 Å². The first-order chi connectivity index (χ1) is 10.7. The van der Waals surface area contributed by atoms with Crippen molar-refractivity contribution < 1.29 is 9.84 Å². The summed E-state index contributed by atoms with van der Waals surface area (Å²) in [5, 5.41) is 17.2. The standard InChI is InChI=1S/C16H21N3O3/c1-3-12-4-6-13(7-5-12)19-16(21)10-15(20)14(18-19)11-17-8-9-22-2/h4-7,10,17,20H,3,8-9,11H2,1-2H3. The summed E-state index contributed by atoms with van der Waals surface area (Å²) in [4.78, 5) is 12.0. The number of methoxy groups -OCH3 is 1. The highest BCUT2D eigenvalue weighted by atomic mass is 16.5. The van der Waals surface area contributed by atoms with Crippen LogP contribution in [0.15, 0.2) is 35.1 Å². The summed E-state index contributed by atoms with van der Waals surface area (Å²) in [6.07, 6.45) is 0.937. The van der Waals surface area contributed by atoms with Crippen LogP contribution in [-0.4, -0.2) is 35.1 Å². The number of rotatable bonds is 7. The molecule has 0 radical (unpaired) electrons. The molecule has 0 bridgehead atoms. The van der Waals surface area contributed by atoms with Crippen LogP contribution in [0.5, 0.6) is 5.75 Å². The van der Waals surface area contributed by atoms with E-state index in [1.165, 1.54) is 16.3 Å². The van der Waals surface area contributed by atoms with Gasteiger partial charge in [0.15, 0.2) is 0 Å². The molecule has 0 aliphatic rings. The molecule has 0 saturated heterocycles. The molecule has 1 heterocycles. The predicted molar refractivity (Wildman–Crippen MR) is 84.5 cm³/mol. The maximum absolute atomic E-state index is 12.0. The summed E-state index contributed by atoms with van der Waals surface area (Å²) >= 11 is 0. The third-order valence-electron chi connectivity index (χ3n) is 3.35. The fourth-order valence-corrected chi connectivity index (χ4v) is 2.05. The molecule has 0 aliphatic carbocycles. The number of aryl methyl sites for hydroxylation is 1. The first-order valence-electron chi connectivity index (χ1n) is 7.27. The first-order valence-corrected chi connectivity index (χ1v) is 7.27. The van der Waals surface area contributed by atoms with Crippen LogP contribution < -0.4 is 10.9 Å². The van der Waals surface area contributed by atoms with Gasteiger partial charge in [-0.15, -0.1) is 0 Å². The molecule has 6 nitrogen and oxygen atoms in total. The van der Waals surface area contributed by atoms with Gasteiger partial charge in [-0.1, -0.05) is 19.1 Å². The van der Waals surface area contributed by atoms with E-state index in [0.29, 0.717) is 31.1 Å². The van der Waals surface area contributed by atoms with E-state index >= 15 is 0 Å². The second kappa shape index (κ2) is 7.72. The number of aromatic nitrogens is 2. The van der Waals surface area contributed by atoms with E-state index in [0.717, 1.165) is 6.42 Å². The van der Waals surface area contributed by atoms with Crippen LogP contribution in [0.25, 0.3) is 5.69 Å². The van der Waals surface area contributed by atoms with Gasteiger partial charge in [0.1, 0.15) is 11.4 Å². The monoisotopic (exact) mass is 303 g/mol. The molecule has 0 spiro atoms. The van der Waals surface area contributed by atoms with Crippen LogP contribution in [0.3, 0.4) is 0 Å². The smallest absolute Gasteiger partial charge is 0.275 e. The number of nitrogens with zero attached hydrogens (tertiary/aromatic N) is 2. The molecule has 118 valence electrons. The molecule has 22 heavy (non-hydrogen) atoms. The summed E-state index contributed by atoms with van der Waals surface area (Å²) in [6, 6.07) is 8.83. The number of aromatic hydroxyl groups is 1. The van der Waals surface area contributed by atoms with Gasteiger partial charge in [-0.2, -0.15) is 9.78 Å². The van der Waals surface area contributed by atoms with Gasteiger partial charge in [-0.05, 0) is 24.1 Å². The Morgan fingerprint density at radius 3 is 2.68 bits per heavy atom. The van der Waals surface area contributed by atoms with Crippen LogP contribution in [-0.2, 0) is 17.7 Å². The summed E-state index contributed by atoms with van der Waals surface area (Å²) in [5.41, 5.74) is 1.94. The Balaban J connectivity index is 2.25. The molecule has 1 aromatic heterocycles. The molecular weight excluding hydrogens is 282 g/mol. The minimum absolute atomic E-state index is 0.101. The largest absolute Gasteiger partial charge is 0.506 e. The Labute approximate surface area is 129 Å². The van der Waals surface area contributed by atoms with E-state index in [1.54, 1.807) is 7.11 Å². The van der Waals surface area contributed by atoms with E-state index in [2.05, 4.69) is 17.3 Å². The molecule has 0 fully saturated rings. The highest BCUT2D eigenvalue weighted by Gasteiger charge is 2.09. The normalized spacial score (nSPS) is 10.8. The number of benzene rings is 1. The minimum Gasteiger partial charge on any atom is -0.506 e. The van der Waals surface area contributed by atoms with Crippen molar-refractivity contribution in [3.8, 4) is 11.4 Å². The molecule has 0 atom stereocenters. The van der Waals surface area contributed by atoms with E-state index in [-0.39, 0.29) is 11.3 Å². The van der Waals surface area contributed by atoms with E-state index in [1.807, 2.05) is 24.3 Å². The van der Waals surface area contributed by atoms with Crippen LogP contribution in [0, 0.1) is 0 Å². The van der Waals surface area contributed by atoms with Gasteiger partial charge in [-0.3, -0.25) is 4.79 Å². The van der Waals surface area contributed by atoms with Gasteiger partial charge < -0.3 is 15.2 Å². The first kappa shape index (κ1) is 16.2. The van der Waals surface area contributed by atoms with Crippen molar-refractivity contribution in [3.05, 3.63) is 51.9 Å². The average molecular weight is 303 g/mol. The number of hydrogen-bond acceptors (Lipinski definition) is 5. The zero-order valence-corrected chi connectivity index (χ0v) is 12.9. The van der Waals surface area contributed by atoms with Crippen molar-refractivity contribution in [1.29, 1.82) is 0 Å². The molecule has 2 rings (SSSR count). The lowest BCUT2D eigenvalue weighted by Crippen LogP contribution is -2.25. The number of nitrogens with one attached hydrogen (secondary N) is 1. The van der Waals surface area contributed by atoms with Gasteiger partial charge in [0, 0.05) is 26.3 Å². The Morgan fingerprint density at radius 2 is 2.05 bits per heavy atom. The topological polar surface area (TPSA) is 76.4 Å². The minimum atomic E-state index is -0.359. The zero-order chi connectivity index (χ0) is 15.9. The van der Waals surface area contributed by atoms with Crippen molar-refractivity contribution in [2.75, 3.05) is 20.3 Å². The van der Waals surface area contributed by atoms with E-state index < -0.39 is 0 Å². The maximum atomic E-state index is 12.0. The van der Waals surface area contributed by atoms with Crippen LogP contribution in [0.4, 0.5) is 0 Å². The van der Waals surface area contributed by atoms with Gasteiger partial charge in [-0.25, -0.2) is 0 Å². The Hall–Kier alpha value is -2.18. The quantitative estimate of drug-likeness (QED) is 0.753. The summed E-state index contributed by atoms with van der Waals surface area (Å²) in [5.74, 6) is -0.101. The van der Waals surface area contributed by atoms with Crippen molar-refractivity contribution in [1.82, 2.24) is 15.1 Å². The van der Waals surface area contributed by atoms with E-state index in [4.69, 9.17) is 4.74 Å². The summed E-state index contributed by atoms with van der Waals surface area (Å²) in [7, 11) is 1.62. The molecule has 2 N–H and O–H groups in total. The van der Waals surface area contributed by atoms with Gasteiger partial charge in [0.2, 0.25) is 0 Å². The van der Waals surface area contributed by atoms with Crippen LogP contribution in [0.2, 0.25) is 0 Å². The summed E-state index contributed by atoms with van der Waals surface area (Å²) < 4.78 is 6.24. The van der Waals surface area contributed by atoms with Crippen LogP contribution >= 0.6 is 0 Å². The molecular formula is C16H21N3O3. The second-order valence-corrected chi connectivity index (χ2v) is 4.92. The molecule has 0 saturated carbocycles. The lowest BCUT2D eigenvalue weighted by Gasteiger charge is -2.10. The van der Waals surface area contributed by atoms with E-state index in [9.17, 15) is 9.90 Å². The van der Waals surface area contributed by atoms with Gasteiger partial charge in [0.25, 0.3) is 5.56 Å². The summed E-state index contributed by atoms with van der Waals surface area (Å²) in [6.45, 7) is 3.65. The van der Waals surface area contributed by atoms with Crippen molar-refractivity contribution in [3.63, 3.8) is 0 Å². The zero-order valence-electron chi connectivity index (χ0n) is 12.9. The van der Waals surface area contributed by atoms with Gasteiger partial charge in [0.05, 0.1) is 12.3 Å². The number of hydrogen-bond donors (Lipinski definition) is 2. The van der Waals surface area contributed by atoms with Crippen LogP contribution in [0.1, 0.15) is 18.2 Å². The molecule has 2 aromatic rings.